The Hall–Kier alpha value is -1.06. The van der Waals surface area contributed by atoms with Crippen LogP contribution in [0.1, 0.15) is 17.2 Å². The lowest BCUT2D eigenvalue weighted by Gasteiger charge is -2.25. The minimum absolute atomic E-state index is 0.218. The maximum absolute atomic E-state index is 9.56. The molecule has 1 aromatic carbocycles. The van der Waals surface area contributed by atoms with Crippen molar-refractivity contribution >= 4 is 0 Å². The Kier molecular flexibility index (Phi) is 2.70. The van der Waals surface area contributed by atoms with Crippen molar-refractivity contribution in [1.29, 1.82) is 0 Å². The monoisotopic (exact) mass is 193 g/mol. The molecule has 1 fully saturated rings. The van der Waals surface area contributed by atoms with Gasteiger partial charge in [0.25, 0.3) is 0 Å². The zero-order valence-electron chi connectivity index (χ0n) is 8.29. The van der Waals surface area contributed by atoms with E-state index in [1.54, 1.807) is 6.07 Å². The van der Waals surface area contributed by atoms with E-state index in [4.69, 9.17) is 4.74 Å². The number of ether oxygens (including phenoxy) is 1. The maximum Gasteiger partial charge on any atom is 0.118 e. The molecule has 1 aliphatic rings. The highest BCUT2D eigenvalue weighted by Gasteiger charge is 2.17. The molecule has 0 spiro atoms. The van der Waals surface area contributed by atoms with Gasteiger partial charge in [-0.3, -0.25) is 0 Å². The molecule has 1 unspecified atom stereocenters. The third kappa shape index (κ3) is 1.74. The molecule has 1 aromatic rings. The van der Waals surface area contributed by atoms with Crippen LogP contribution in [0.4, 0.5) is 0 Å². The van der Waals surface area contributed by atoms with Crippen molar-refractivity contribution in [3.63, 3.8) is 0 Å². The summed E-state index contributed by atoms with van der Waals surface area (Å²) in [6.07, 6.45) is 0. The second-order valence-electron chi connectivity index (χ2n) is 3.57. The molecule has 2 rings (SSSR count). The average molecular weight is 193 g/mol. The van der Waals surface area contributed by atoms with Gasteiger partial charge in [0, 0.05) is 6.54 Å². The highest BCUT2D eigenvalue weighted by molar-refractivity contribution is 5.39. The van der Waals surface area contributed by atoms with Gasteiger partial charge in [0.15, 0.2) is 0 Å². The number of morpholine rings is 1. The topological polar surface area (TPSA) is 41.5 Å². The number of phenolic OH excluding ortho intramolecular Hbond substituents is 1. The van der Waals surface area contributed by atoms with E-state index >= 15 is 0 Å². The van der Waals surface area contributed by atoms with Crippen LogP contribution in [0.2, 0.25) is 0 Å². The number of hydrogen-bond donors (Lipinski definition) is 2. The summed E-state index contributed by atoms with van der Waals surface area (Å²) >= 11 is 0. The Labute approximate surface area is 83.7 Å². The molecule has 0 saturated carbocycles. The van der Waals surface area contributed by atoms with Crippen LogP contribution < -0.4 is 5.32 Å². The van der Waals surface area contributed by atoms with E-state index in [-0.39, 0.29) is 6.04 Å². The minimum Gasteiger partial charge on any atom is -0.508 e. The molecule has 76 valence electrons. The molecule has 3 nitrogen and oxygen atoms in total. The van der Waals surface area contributed by atoms with Gasteiger partial charge in [0.2, 0.25) is 0 Å². The Morgan fingerprint density at radius 2 is 2.36 bits per heavy atom. The Morgan fingerprint density at radius 1 is 1.50 bits per heavy atom. The molecule has 3 heteroatoms. The zero-order chi connectivity index (χ0) is 9.97. The second-order valence-corrected chi connectivity index (χ2v) is 3.57. The second kappa shape index (κ2) is 3.98. The summed E-state index contributed by atoms with van der Waals surface area (Å²) in [5, 5.41) is 12.9. The van der Waals surface area contributed by atoms with Crippen molar-refractivity contribution < 1.29 is 9.84 Å². The summed E-state index contributed by atoms with van der Waals surface area (Å²) in [4.78, 5) is 0. The van der Waals surface area contributed by atoms with Gasteiger partial charge in [-0.25, -0.2) is 0 Å². The minimum atomic E-state index is 0.218. The van der Waals surface area contributed by atoms with Crippen molar-refractivity contribution in [2.75, 3.05) is 19.8 Å². The number of benzene rings is 1. The Bertz CT molecular complexity index is 319. The molecular weight excluding hydrogens is 178 g/mol. The van der Waals surface area contributed by atoms with E-state index in [1.807, 2.05) is 19.1 Å². The normalized spacial score (nSPS) is 22.2. The molecule has 0 aliphatic carbocycles. The third-order valence-corrected chi connectivity index (χ3v) is 2.64. The predicted octanol–water partition coefficient (Wildman–Crippen LogP) is 1.36. The Balaban J connectivity index is 2.26. The molecule has 2 N–H and O–H groups in total. The van der Waals surface area contributed by atoms with Crippen LogP contribution in [-0.2, 0) is 4.74 Å². The van der Waals surface area contributed by atoms with Gasteiger partial charge >= 0.3 is 0 Å². The largest absolute Gasteiger partial charge is 0.508 e. The third-order valence-electron chi connectivity index (χ3n) is 2.64. The zero-order valence-corrected chi connectivity index (χ0v) is 8.29. The van der Waals surface area contributed by atoms with Gasteiger partial charge in [-0.15, -0.1) is 0 Å². The number of hydrogen-bond acceptors (Lipinski definition) is 3. The molecule has 0 radical (unpaired) electrons. The summed E-state index contributed by atoms with van der Waals surface area (Å²) in [5.74, 6) is 0.356. The number of aromatic hydroxyl groups is 1. The van der Waals surface area contributed by atoms with Gasteiger partial charge in [-0.2, -0.15) is 0 Å². The first-order valence-electron chi connectivity index (χ1n) is 4.88. The van der Waals surface area contributed by atoms with E-state index in [2.05, 4.69) is 5.32 Å². The number of phenols is 1. The quantitative estimate of drug-likeness (QED) is 0.707. The number of rotatable bonds is 1. The summed E-state index contributed by atoms with van der Waals surface area (Å²) in [7, 11) is 0. The molecule has 0 amide bonds. The molecule has 0 bridgehead atoms. The standard InChI is InChI=1S/C11H15NO2/c1-8-9(3-2-4-11(8)13)10-7-14-6-5-12-10/h2-4,10,12-13H,5-7H2,1H3. The van der Waals surface area contributed by atoms with Crippen LogP contribution >= 0.6 is 0 Å². The van der Waals surface area contributed by atoms with Crippen LogP contribution in [0.3, 0.4) is 0 Å². The average Bonchev–Trinajstić information content (AvgIpc) is 2.23. The predicted molar refractivity (Wildman–Crippen MR) is 54.4 cm³/mol. The molecule has 1 saturated heterocycles. The molecular formula is C11H15NO2. The first-order chi connectivity index (χ1) is 6.79. The lowest BCUT2D eigenvalue weighted by Crippen LogP contribution is -2.34. The fourth-order valence-electron chi connectivity index (χ4n) is 1.78. The van der Waals surface area contributed by atoms with Gasteiger partial charge < -0.3 is 15.2 Å². The van der Waals surface area contributed by atoms with Crippen molar-refractivity contribution in [3.8, 4) is 5.75 Å². The van der Waals surface area contributed by atoms with Crippen LogP contribution in [0.25, 0.3) is 0 Å². The van der Waals surface area contributed by atoms with E-state index in [9.17, 15) is 5.11 Å². The van der Waals surface area contributed by atoms with E-state index < -0.39 is 0 Å². The highest BCUT2D eigenvalue weighted by Crippen LogP contribution is 2.25. The highest BCUT2D eigenvalue weighted by atomic mass is 16.5. The van der Waals surface area contributed by atoms with Crippen molar-refractivity contribution in [1.82, 2.24) is 5.32 Å². The van der Waals surface area contributed by atoms with E-state index in [0.717, 1.165) is 24.3 Å². The lowest BCUT2D eigenvalue weighted by atomic mass is 10.0. The molecule has 1 heterocycles. The fraction of sp³-hybridized carbons (Fsp3) is 0.455. The molecule has 14 heavy (non-hydrogen) atoms. The molecule has 0 aromatic heterocycles. The molecule has 1 atom stereocenters. The van der Waals surface area contributed by atoms with Gasteiger partial charge in [-0.05, 0) is 24.1 Å². The maximum atomic E-state index is 9.56. The Morgan fingerprint density at radius 3 is 3.07 bits per heavy atom. The summed E-state index contributed by atoms with van der Waals surface area (Å²) < 4.78 is 5.39. The summed E-state index contributed by atoms with van der Waals surface area (Å²) in [6, 6.07) is 5.83. The smallest absolute Gasteiger partial charge is 0.118 e. The van der Waals surface area contributed by atoms with Crippen LogP contribution in [0, 0.1) is 6.92 Å². The first-order valence-corrected chi connectivity index (χ1v) is 4.88. The van der Waals surface area contributed by atoms with Crippen LogP contribution in [-0.4, -0.2) is 24.9 Å². The van der Waals surface area contributed by atoms with Crippen molar-refractivity contribution in [3.05, 3.63) is 29.3 Å². The van der Waals surface area contributed by atoms with Gasteiger partial charge in [0.1, 0.15) is 5.75 Å². The van der Waals surface area contributed by atoms with Crippen LogP contribution in [0.15, 0.2) is 18.2 Å². The first kappa shape index (κ1) is 9.49. The van der Waals surface area contributed by atoms with Crippen LogP contribution in [0.5, 0.6) is 5.75 Å². The fourth-order valence-corrected chi connectivity index (χ4v) is 1.78. The molecule has 1 aliphatic heterocycles. The number of nitrogens with one attached hydrogen (secondary N) is 1. The van der Waals surface area contributed by atoms with Crippen molar-refractivity contribution in [2.24, 2.45) is 0 Å². The van der Waals surface area contributed by atoms with Gasteiger partial charge in [-0.1, -0.05) is 12.1 Å². The van der Waals surface area contributed by atoms with E-state index in [1.165, 1.54) is 0 Å². The van der Waals surface area contributed by atoms with Gasteiger partial charge in [0.05, 0.1) is 19.3 Å². The van der Waals surface area contributed by atoms with E-state index in [0.29, 0.717) is 12.4 Å². The van der Waals surface area contributed by atoms with Crippen molar-refractivity contribution in [2.45, 2.75) is 13.0 Å². The lowest BCUT2D eigenvalue weighted by molar-refractivity contribution is 0.0766. The SMILES string of the molecule is Cc1c(O)cccc1C1COCCN1. The summed E-state index contributed by atoms with van der Waals surface area (Å²) in [5.41, 5.74) is 2.07. The summed E-state index contributed by atoms with van der Waals surface area (Å²) in [6.45, 7) is 4.26.